The Morgan fingerprint density at radius 1 is 1.25 bits per heavy atom. The molecule has 0 fully saturated rings. The van der Waals surface area contributed by atoms with Crippen LogP contribution in [-0.2, 0) is 0 Å². The van der Waals surface area contributed by atoms with E-state index in [2.05, 4.69) is 36.5 Å². The lowest BCUT2D eigenvalue weighted by Crippen LogP contribution is -1.79. The highest BCUT2D eigenvalue weighted by Gasteiger charge is 1.98. The molecule has 1 nitrogen and oxygen atoms in total. The molecule has 12 heavy (non-hydrogen) atoms. The van der Waals surface area contributed by atoms with Crippen molar-refractivity contribution in [2.45, 2.75) is 6.92 Å². The van der Waals surface area contributed by atoms with Crippen LogP contribution in [-0.4, -0.2) is 7.05 Å². The van der Waals surface area contributed by atoms with Gasteiger partial charge in [-0.2, -0.15) is 0 Å². The number of anilines is 1. The Hall–Kier alpha value is -1.02. The minimum absolute atomic E-state index is 1.23. The summed E-state index contributed by atoms with van der Waals surface area (Å²) in [6.45, 7) is 2.12. The summed E-state index contributed by atoms with van der Waals surface area (Å²) < 4.78 is 1.36. The molecule has 0 bridgehead atoms. The first-order valence-electron chi connectivity index (χ1n) is 3.97. The molecule has 1 N–H and O–H groups in total. The fraction of sp³-hybridized carbons (Fsp3) is 0.200. The van der Waals surface area contributed by atoms with Crippen molar-refractivity contribution in [2.75, 3.05) is 12.4 Å². The molecular formula is C10H11NS. The standard InChI is InChI=1S/C10H11NS/c1-7-3-4-8-6-10(11-2)12-9(8)5-7/h3-6,11H,1-2H3. The number of benzene rings is 1. The Morgan fingerprint density at radius 2 is 2.08 bits per heavy atom. The molecule has 0 aliphatic rings. The first kappa shape index (κ1) is 7.62. The molecule has 0 aliphatic heterocycles. The highest BCUT2D eigenvalue weighted by molar-refractivity contribution is 7.22. The van der Waals surface area contributed by atoms with Gasteiger partial charge in [0.25, 0.3) is 0 Å². The molecule has 0 saturated carbocycles. The van der Waals surface area contributed by atoms with Crippen LogP contribution >= 0.6 is 11.3 Å². The molecule has 2 heteroatoms. The maximum absolute atomic E-state index is 3.15. The molecule has 0 radical (unpaired) electrons. The molecule has 62 valence electrons. The second-order valence-electron chi connectivity index (χ2n) is 2.90. The van der Waals surface area contributed by atoms with Crippen molar-refractivity contribution < 1.29 is 0 Å². The van der Waals surface area contributed by atoms with Crippen LogP contribution in [0.3, 0.4) is 0 Å². The second-order valence-corrected chi connectivity index (χ2v) is 3.99. The van der Waals surface area contributed by atoms with Gasteiger partial charge in [-0.25, -0.2) is 0 Å². The minimum Gasteiger partial charge on any atom is -0.380 e. The third-order valence-corrected chi connectivity index (χ3v) is 3.04. The van der Waals surface area contributed by atoms with E-state index in [4.69, 9.17) is 0 Å². The predicted octanol–water partition coefficient (Wildman–Crippen LogP) is 3.25. The van der Waals surface area contributed by atoms with Crippen molar-refractivity contribution >= 4 is 26.4 Å². The lowest BCUT2D eigenvalue weighted by Gasteiger charge is -1.89. The molecule has 1 aromatic carbocycles. The molecule has 0 unspecified atom stereocenters. The van der Waals surface area contributed by atoms with Gasteiger partial charge in [0, 0.05) is 11.7 Å². The molecule has 0 amide bonds. The van der Waals surface area contributed by atoms with Gasteiger partial charge in [-0.3, -0.25) is 0 Å². The number of fused-ring (bicyclic) bond motifs is 1. The summed E-state index contributed by atoms with van der Waals surface area (Å²) in [4.78, 5) is 0. The highest BCUT2D eigenvalue weighted by atomic mass is 32.1. The summed E-state index contributed by atoms with van der Waals surface area (Å²) in [5.41, 5.74) is 1.33. The maximum atomic E-state index is 3.15. The Balaban J connectivity index is 2.67. The van der Waals surface area contributed by atoms with Gasteiger partial charge in [0.05, 0.1) is 5.00 Å². The van der Waals surface area contributed by atoms with Crippen molar-refractivity contribution in [1.29, 1.82) is 0 Å². The lowest BCUT2D eigenvalue weighted by molar-refractivity contribution is 1.52. The zero-order valence-corrected chi connectivity index (χ0v) is 8.03. The van der Waals surface area contributed by atoms with Crippen LogP contribution < -0.4 is 5.32 Å². The molecule has 0 spiro atoms. The molecule has 0 atom stereocenters. The first-order chi connectivity index (χ1) is 5.79. The number of aryl methyl sites for hydroxylation is 1. The summed E-state index contributed by atoms with van der Waals surface area (Å²) >= 11 is 1.80. The molecular weight excluding hydrogens is 166 g/mol. The zero-order valence-electron chi connectivity index (χ0n) is 7.22. The Kier molecular flexibility index (Phi) is 1.77. The SMILES string of the molecule is CNc1cc2ccc(C)cc2s1. The molecule has 2 aromatic rings. The van der Waals surface area contributed by atoms with E-state index in [1.807, 2.05) is 7.05 Å². The van der Waals surface area contributed by atoms with Gasteiger partial charge in [0.1, 0.15) is 0 Å². The van der Waals surface area contributed by atoms with E-state index >= 15 is 0 Å². The summed E-state index contributed by atoms with van der Waals surface area (Å²) in [5, 5.41) is 5.72. The smallest absolute Gasteiger partial charge is 0.0892 e. The fourth-order valence-corrected chi connectivity index (χ4v) is 2.28. The van der Waals surface area contributed by atoms with E-state index in [1.165, 1.54) is 20.7 Å². The Labute approximate surface area is 76.0 Å². The number of thiophene rings is 1. The van der Waals surface area contributed by atoms with Crippen molar-refractivity contribution in [3.05, 3.63) is 29.8 Å². The zero-order chi connectivity index (χ0) is 8.55. The summed E-state index contributed by atoms with van der Waals surface area (Å²) in [7, 11) is 1.96. The van der Waals surface area contributed by atoms with Gasteiger partial charge < -0.3 is 5.32 Å². The van der Waals surface area contributed by atoms with Crippen molar-refractivity contribution in [3.8, 4) is 0 Å². The Morgan fingerprint density at radius 3 is 2.83 bits per heavy atom. The molecule has 0 saturated heterocycles. The van der Waals surface area contributed by atoms with Crippen LogP contribution in [0.2, 0.25) is 0 Å². The van der Waals surface area contributed by atoms with Gasteiger partial charge in [0.15, 0.2) is 0 Å². The van der Waals surface area contributed by atoms with Crippen LogP contribution in [0.5, 0.6) is 0 Å². The monoisotopic (exact) mass is 177 g/mol. The van der Waals surface area contributed by atoms with E-state index in [0.29, 0.717) is 0 Å². The molecule has 2 rings (SSSR count). The summed E-state index contributed by atoms with van der Waals surface area (Å²) in [6.07, 6.45) is 0. The maximum Gasteiger partial charge on any atom is 0.0892 e. The van der Waals surface area contributed by atoms with Crippen molar-refractivity contribution in [3.63, 3.8) is 0 Å². The van der Waals surface area contributed by atoms with Gasteiger partial charge in [-0.05, 0) is 30.0 Å². The third kappa shape index (κ3) is 1.18. The largest absolute Gasteiger partial charge is 0.380 e. The lowest BCUT2D eigenvalue weighted by atomic mass is 10.2. The fourth-order valence-electron chi connectivity index (χ4n) is 1.26. The number of rotatable bonds is 1. The van der Waals surface area contributed by atoms with Gasteiger partial charge >= 0.3 is 0 Å². The van der Waals surface area contributed by atoms with E-state index in [9.17, 15) is 0 Å². The van der Waals surface area contributed by atoms with E-state index < -0.39 is 0 Å². The van der Waals surface area contributed by atoms with Crippen LogP contribution in [0.15, 0.2) is 24.3 Å². The molecule has 0 aliphatic carbocycles. The first-order valence-corrected chi connectivity index (χ1v) is 4.79. The van der Waals surface area contributed by atoms with Gasteiger partial charge in [-0.1, -0.05) is 12.1 Å². The predicted molar refractivity (Wildman–Crippen MR) is 56.1 cm³/mol. The topological polar surface area (TPSA) is 12.0 Å². The average Bonchev–Trinajstić information content (AvgIpc) is 2.46. The minimum atomic E-state index is 1.23. The van der Waals surface area contributed by atoms with Crippen molar-refractivity contribution in [1.82, 2.24) is 0 Å². The van der Waals surface area contributed by atoms with Gasteiger partial charge in [0.2, 0.25) is 0 Å². The van der Waals surface area contributed by atoms with Crippen LogP contribution in [0.25, 0.3) is 10.1 Å². The van der Waals surface area contributed by atoms with Crippen LogP contribution in [0.1, 0.15) is 5.56 Å². The third-order valence-electron chi connectivity index (χ3n) is 1.92. The average molecular weight is 177 g/mol. The van der Waals surface area contributed by atoms with E-state index in [1.54, 1.807) is 11.3 Å². The summed E-state index contributed by atoms with van der Waals surface area (Å²) in [5.74, 6) is 0. The highest BCUT2D eigenvalue weighted by Crippen LogP contribution is 2.29. The quantitative estimate of drug-likeness (QED) is 0.705. The normalized spacial score (nSPS) is 10.5. The molecule has 1 aromatic heterocycles. The van der Waals surface area contributed by atoms with E-state index in [0.717, 1.165) is 0 Å². The number of hydrogen-bond donors (Lipinski definition) is 1. The second kappa shape index (κ2) is 2.79. The van der Waals surface area contributed by atoms with Gasteiger partial charge in [-0.15, -0.1) is 11.3 Å². The summed E-state index contributed by atoms with van der Waals surface area (Å²) in [6, 6.07) is 8.72. The number of hydrogen-bond acceptors (Lipinski definition) is 2. The van der Waals surface area contributed by atoms with Crippen molar-refractivity contribution in [2.24, 2.45) is 0 Å². The van der Waals surface area contributed by atoms with Crippen LogP contribution in [0.4, 0.5) is 5.00 Å². The van der Waals surface area contributed by atoms with E-state index in [-0.39, 0.29) is 0 Å². The molecule has 1 heterocycles. The Bertz CT molecular complexity index is 403. The number of nitrogens with one attached hydrogen (secondary N) is 1. The van der Waals surface area contributed by atoms with Crippen LogP contribution in [0, 0.1) is 6.92 Å².